The van der Waals surface area contributed by atoms with E-state index in [-0.39, 0.29) is 0 Å². The monoisotopic (exact) mass is 420 g/mol. The Labute approximate surface area is 178 Å². The lowest BCUT2D eigenvalue weighted by Gasteiger charge is -2.13. The van der Waals surface area contributed by atoms with E-state index >= 15 is 0 Å². The van der Waals surface area contributed by atoms with Crippen molar-refractivity contribution in [3.8, 4) is 17.0 Å². The van der Waals surface area contributed by atoms with Crippen LogP contribution < -0.4 is 9.46 Å². The van der Waals surface area contributed by atoms with Crippen LogP contribution in [0.1, 0.15) is 18.1 Å². The fraction of sp³-hybridized carbons (Fsp3) is 0.174. The fourth-order valence-electron chi connectivity index (χ4n) is 3.27. The summed E-state index contributed by atoms with van der Waals surface area (Å²) in [4.78, 5) is 13.4. The van der Waals surface area contributed by atoms with Crippen molar-refractivity contribution in [1.29, 1.82) is 0 Å². The molecule has 4 aromatic rings. The van der Waals surface area contributed by atoms with Gasteiger partial charge in [-0.25, -0.2) is 9.97 Å². The van der Waals surface area contributed by atoms with Gasteiger partial charge in [0.1, 0.15) is 5.82 Å². The van der Waals surface area contributed by atoms with Gasteiger partial charge in [-0.15, -0.1) is 0 Å². The van der Waals surface area contributed by atoms with Gasteiger partial charge in [-0.1, -0.05) is 25.1 Å². The number of rotatable bonds is 6. The number of aromatic nitrogens is 3. The maximum Gasteiger partial charge on any atom is 0.309 e. The number of methoxy groups -OCH3 is 1. The molecule has 2 aromatic carbocycles. The number of anilines is 1. The predicted octanol–water partition coefficient (Wildman–Crippen LogP) is 5.83. The second-order valence-electron chi connectivity index (χ2n) is 6.79. The normalized spacial score (nSPS) is 10.9. The minimum Gasteiger partial charge on any atom is -0.480 e. The van der Waals surface area contributed by atoms with E-state index < -0.39 is 6.08 Å². The van der Waals surface area contributed by atoms with Crippen LogP contribution in [0.25, 0.3) is 22.0 Å². The largest absolute Gasteiger partial charge is 0.480 e. The van der Waals surface area contributed by atoms with Crippen molar-refractivity contribution in [3.05, 3.63) is 71.9 Å². The Morgan fingerprint density at radius 3 is 2.70 bits per heavy atom. The second-order valence-corrected chi connectivity index (χ2v) is 7.64. The summed E-state index contributed by atoms with van der Waals surface area (Å²) >= 11 is 1.51. The van der Waals surface area contributed by atoms with Crippen LogP contribution in [0.3, 0.4) is 0 Å². The number of halogens is 1. The second kappa shape index (κ2) is 8.67. The third kappa shape index (κ3) is 4.07. The van der Waals surface area contributed by atoms with E-state index in [0.717, 1.165) is 33.4 Å². The van der Waals surface area contributed by atoms with Crippen molar-refractivity contribution in [2.45, 2.75) is 25.2 Å². The summed E-state index contributed by atoms with van der Waals surface area (Å²) < 4.78 is 22.3. The Morgan fingerprint density at radius 1 is 1.10 bits per heavy atom. The van der Waals surface area contributed by atoms with Gasteiger partial charge >= 0.3 is 6.08 Å². The molecule has 7 heteroatoms. The molecule has 0 aliphatic heterocycles. The van der Waals surface area contributed by atoms with E-state index in [1.54, 1.807) is 7.11 Å². The minimum atomic E-state index is -0.717. The van der Waals surface area contributed by atoms with Crippen molar-refractivity contribution in [2.24, 2.45) is 0 Å². The third-order valence-corrected chi connectivity index (χ3v) is 5.83. The molecule has 0 bridgehead atoms. The molecule has 0 saturated carbocycles. The Balaban J connectivity index is 1.68. The van der Waals surface area contributed by atoms with Gasteiger partial charge in [0.2, 0.25) is 5.88 Å². The number of nitrogens with one attached hydrogen (secondary N) is 1. The number of pyridine rings is 1. The first-order chi connectivity index (χ1) is 14.6. The minimum absolute atomic E-state index is 0.509. The molecular weight excluding hydrogens is 399 g/mol. The van der Waals surface area contributed by atoms with Gasteiger partial charge in [0, 0.05) is 22.0 Å². The first kappa shape index (κ1) is 20.1. The molecule has 0 radical (unpaired) electrons. The van der Waals surface area contributed by atoms with Gasteiger partial charge in [-0.3, -0.25) is 0 Å². The van der Waals surface area contributed by atoms with E-state index in [1.807, 2.05) is 43.3 Å². The lowest BCUT2D eigenvalue weighted by atomic mass is 9.99. The first-order valence-corrected chi connectivity index (χ1v) is 10.4. The van der Waals surface area contributed by atoms with Crippen LogP contribution in [0, 0.1) is 13.0 Å². The first-order valence-electron chi connectivity index (χ1n) is 9.58. The van der Waals surface area contributed by atoms with Gasteiger partial charge in [0.25, 0.3) is 0 Å². The third-order valence-electron chi connectivity index (χ3n) is 4.84. The number of ether oxygens (including phenoxy) is 1. The molecule has 0 atom stereocenters. The lowest BCUT2D eigenvalue weighted by molar-refractivity contribution is 0.400. The zero-order valence-corrected chi connectivity index (χ0v) is 17.8. The van der Waals surface area contributed by atoms with Crippen LogP contribution in [0.4, 0.5) is 10.2 Å². The zero-order valence-electron chi connectivity index (χ0n) is 16.9. The summed E-state index contributed by atoms with van der Waals surface area (Å²) in [6.07, 6.45) is 1.52. The van der Waals surface area contributed by atoms with Crippen molar-refractivity contribution in [1.82, 2.24) is 15.0 Å². The van der Waals surface area contributed by atoms with Crippen LogP contribution in [0.5, 0.6) is 5.88 Å². The van der Waals surface area contributed by atoms with Gasteiger partial charge in [-0.2, -0.15) is 9.37 Å². The number of aryl methyl sites for hydroxylation is 2. The maximum absolute atomic E-state index is 13.5. The van der Waals surface area contributed by atoms with Gasteiger partial charge in [0.15, 0.2) is 0 Å². The van der Waals surface area contributed by atoms with Crippen molar-refractivity contribution < 1.29 is 9.13 Å². The molecule has 2 aromatic heterocycles. The highest BCUT2D eigenvalue weighted by molar-refractivity contribution is 8.00. The van der Waals surface area contributed by atoms with Gasteiger partial charge < -0.3 is 9.46 Å². The summed E-state index contributed by atoms with van der Waals surface area (Å²) in [6, 6.07) is 16.0. The lowest BCUT2D eigenvalue weighted by Crippen LogP contribution is -1.98. The molecule has 0 spiro atoms. The molecule has 0 unspecified atom stereocenters. The van der Waals surface area contributed by atoms with Gasteiger partial charge in [0.05, 0.1) is 12.6 Å². The van der Waals surface area contributed by atoms with E-state index in [2.05, 4.69) is 38.7 Å². The highest BCUT2D eigenvalue weighted by Crippen LogP contribution is 2.34. The average molecular weight is 421 g/mol. The summed E-state index contributed by atoms with van der Waals surface area (Å²) in [7, 11) is 1.60. The van der Waals surface area contributed by atoms with Crippen LogP contribution in [0.15, 0.2) is 59.6 Å². The molecule has 1 N–H and O–H groups in total. The number of hydrogen-bond acceptors (Lipinski definition) is 6. The van der Waals surface area contributed by atoms with Crippen molar-refractivity contribution in [2.75, 3.05) is 11.8 Å². The number of benzene rings is 2. The summed E-state index contributed by atoms with van der Waals surface area (Å²) in [5, 5.41) is 0.783. The Bertz CT molecular complexity index is 1220. The van der Waals surface area contributed by atoms with E-state index in [4.69, 9.17) is 4.74 Å². The van der Waals surface area contributed by atoms with Gasteiger partial charge in [-0.05, 0) is 72.3 Å². The number of hydrogen-bond donors (Lipinski definition) is 1. The SMILES string of the molecule is CCc1cc(-c2ccc(NSc3ccccc3C)nc2OC)cc2cnc(F)nc12. The highest BCUT2D eigenvalue weighted by Gasteiger charge is 2.13. The average Bonchev–Trinajstić information content (AvgIpc) is 2.77. The molecule has 0 fully saturated rings. The molecule has 0 aliphatic rings. The molecule has 4 rings (SSSR count). The standard InChI is InChI=1S/C23H21FN4OS/c1-4-15-11-16(12-17-13-25-23(24)27-21(15)17)18-9-10-20(26-22(18)29-3)28-30-19-8-6-5-7-14(19)2/h5-13H,4H2,1-3H3,(H,26,28). The highest BCUT2D eigenvalue weighted by atomic mass is 32.2. The molecule has 0 aliphatic carbocycles. The van der Waals surface area contributed by atoms with Crippen LogP contribution in [-0.2, 0) is 6.42 Å². The molecule has 2 heterocycles. The Kier molecular flexibility index (Phi) is 5.81. The Hall–Kier alpha value is -3.19. The summed E-state index contributed by atoms with van der Waals surface area (Å²) in [5.41, 5.74) is 4.55. The smallest absolute Gasteiger partial charge is 0.309 e. The quantitative estimate of drug-likeness (QED) is 0.313. The fourth-order valence-corrected chi connectivity index (χ4v) is 3.98. The zero-order chi connectivity index (χ0) is 21.1. The topological polar surface area (TPSA) is 59.9 Å². The maximum atomic E-state index is 13.5. The van der Waals surface area contributed by atoms with E-state index in [0.29, 0.717) is 17.2 Å². The molecule has 0 amide bonds. The molecule has 5 nitrogen and oxygen atoms in total. The molecule has 0 saturated heterocycles. The number of nitrogens with zero attached hydrogens (tertiary/aromatic N) is 3. The molecule has 30 heavy (non-hydrogen) atoms. The molecule has 152 valence electrons. The summed E-state index contributed by atoms with van der Waals surface area (Å²) in [5.74, 6) is 1.21. The van der Waals surface area contributed by atoms with Crippen LogP contribution >= 0.6 is 11.9 Å². The van der Waals surface area contributed by atoms with Crippen LogP contribution in [-0.4, -0.2) is 22.1 Å². The number of fused-ring (bicyclic) bond motifs is 1. The summed E-state index contributed by atoms with van der Waals surface area (Å²) in [6.45, 7) is 4.09. The molecular formula is C23H21FN4OS. The Morgan fingerprint density at radius 2 is 1.93 bits per heavy atom. The van der Waals surface area contributed by atoms with E-state index in [9.17, 15) is 4.39 Å². The van der Waals surface area contributed by atoms with E-state index in [1.165, 1.54) is 23.7 Å². The van der Waals surface area contributed by atoms with Crippen molar-refractivity contribution in [3.63, 3.8) is 0 Å². The predicted molar refractivity (Wildman–Crippen MR) is 119 cm³/mol. The van der Waals surface area contributed by atoms with Crippen molar-refractivity contribution >= 4 is 28.7 Å². The van der Waals surface area contributed by atoms with Crippen LogP contribution in [0.2, 0.25) is 0 Å².